The zero-order valence-electron chi connectivity index (χ0n) is 18.6. The number of aromatic nitrogens is 3. The summed E-state index contributed by atoms with van der Waals surface area (Å²) in [5.74, 6) is 0.782. The molecule has 10 heteroatoms. The van der Waals surface area contributed by atoms with Crippen molar-refractivity contribution in [2.24, 2.45) is 5.10 Å². The van der Waals surface area contributed by atoms with Crippen molar-refractivity contribution in [1.29, 1.82) is 0 Å². The molecule has 0 saturated carbocycles. The summed E-state index contributed by atoms with van der Waals surface area (Å²) in [6.45, 7) is 3.86. The van der Waals surface area contributed by atoms with E-state index in [1.54, 1.807) is 12.1 Å². The molecule has 1 heterocycles. The summed E-state index contributed by atoms with van der Waals surface area (Å²) in [5, 5.41) is 21.6. The summed E-state index contributed by atoms with van der Waals surface area (Å²) < 4.78 is 0. The van der Waals surface area contributed by atoms with E-state index in [4.69, 9.17) is 0 Å². The Bertz CT molecular complexity index is 1320. The quantitative estimate of drug-likeness (QED) is 0.183. The number of anilines is 5. The lowest BCUT2D eigenvalue weighted by Gasteiger charge is -2.11. The average molecular weight is 454 g/mol. The maximum absolute atomic E-state index is 10.9. The van der Waals surface area contributed by atoms with Gasteiger partial charge in [-0.15, -0.1) is 0 Å². The van der Waals surface area contributed by atoms with Crippen molar-refractivity contribution in [3.63, 3.8) is 0 Å². The second-order valence-corrected chi connectivity index (χ2v) is 7.35. The van der Waals surface area contributed by atoms with Crippen LogP contribution in [0.1, 0.15) is 18.1 Å². The molecule has 0 radical (unpaired) electrons. The molecule has 0 amide bonds. The second-order valence-electron chi connectivity index (χ2n) is 7.35. The van der Waals surface area contributed by atoms with Crippen molar-refractivity contribution >= 4 is 40.6 Å². The molecule has 0 saturated heterocycles. The van der Waals surface area contributed by atoms with Gasteiger partial charge in [0.1, 0.15) is 0 Å². The van der Waals surface area contributed by atoms with E-state index in [1.807, 2.05) is 68.4 Å². The first kappa shape index (κ1) is 22.3. The molecule has 0 spiro atoms. The topological polar surface area (TPSA) is 130 Å². The minimum absolute atomic E-state index is 0.00353. The lowest BCUT2D eigenvalue weighted by atomic mass is 10.1. The molecule has 0 aliphatic carbocycles. The molecule has 34 heavy (non-hydrogen) atoms. The van der Waals surface area contributed by atoms with Crippen LogP contribution in [0, 0.1) is 17.0 Å². The van der Waals surface area contributed by atoms with Gasteiger partial charge in [-0.05, 0) is 43.2 Å². The highest BCUT2D eigenvalue weighted by molar-refractivity contribution is 5.98. The number of rotatable bonds is 8. The third kappa shape index (κ3) is 5.68. The first-order valence-electron chi connectivity index (χ1n) is 10.4. The largest absolute Gasteiger partial charge is 0.324 e. The van der Waals surface area contributed by atoms with Gasteiger partial charge in [-0.1, -0.05) is 48.5 Å². The Balaban J connectivity index is 1.62. The molecule has 0 fully saturated rings. The number of para-hydroxylation sites is 1. The van der Waals surface area contributed by atoms with Crippen LogP contribution in [0.25, 0.3) is 0 Å². The van der Waals surface area contributed by atoms with Gasteiger partial charge in [-0.3, -0.25) is 10.1 Å². The standard InChI is InChI=1S/C24H22N8O2/c1-16-8-6-7-11-21(16)26-23-27-22(25-19-12-14-20(15-13-19)32(33)34)28-24(29-23)31-30-17(2)18-9-4-3-5-10-18/h3-15H,1-2H3,(H3,25,26,27,28,29,31)/b30-17+. The summed E-state index contributed by atoms with van der Waals surface area (Å²) in [7, 11) is 0. The Morgan fingerprint density at radius 2 is 1.44 bits per heavy atom. The van der Waals surface area contributed by atoms with E-state index in [9.17, 15) is 10.1 Å². The molecule has 0 atom stereocenters. The summed E-state index contributed by atoms with van der Waals surface area (Å²) in [5.41, 5.74) is 7.09. The fourth-order valence-electron chi connectivity index (χ4n) is 3.04. The Labute approximate surface area is 196 Å². The molecule has 0 unspecified atom stereocenters. The van der Waals surface area contributed by atoms with E-state index in [1.165, 1.54) is 12.1 Å². The van der Waals surface area contributed by atoms with Gasteiger partial charge in [0.15, 0.2) is 0 Å². The van der Waals surface area contributed by atoms with Crippen molar-refractivity contribution < 1.29 is 4.92 Å². The molecule has 4 aromatic rings. The number of non-ortho nitro benzene ring substituents is 1. The fraction of sp³-hybridized carbons (Fsp3) is 0.0833. The highest BCUT2D eigenvalue weighted by Gasteiger charge is 2.10. The predicted octanol–water partition coefficient (Wildman–Crippen LogP) is 5.41. The van der Waals surface area contributed by atoms with E-state index in [0.29, 0.717) is 11.6 Å². The van der Waals surface area contributed by atoms with Crippen molar-refractivity contribution in [2.45, 2.75) is 13.8 Å². The van der Waals surface area contributed by atoms with Gasteiger partial charge in [-0.25, -0.2) is 5.43 Å². The number of nitrogens with one attached hydrogen (secondary N) is 3. The van der Waals surface area contributed by atoms with Gasteiger partial charge in [0, 0.05) is 23.5 Å². The summed E-state index contributed by atoms with van der Waals surface area (Å²) >= 11 is 0. The van der Waals surface area contributed by atoms with Crippen LogP contribution in [-0.4, -0.2) is 25.6 Å². The van der Waals surface area contributed by atoms with E-state index < -0.39 is 4.92 Å². The monoisotopic (exact) mass is 454 g/mol. The highest BCUT2D eigenvalue weighted by Crippen LogP contribution is 2.22. The minimum atomic E-state index is -0.452. The lowest BCUT2D eigenvalue weighted by molar-refractivity contribution is -0.384. The van der Waals surface area contributed by atoms with Crippen molar-refractivity contribution in [3.05, 3.63) is 100 Å². The molecular weight excluding hydrogens is 432 g/mol. The number of nitrogens with zero attached hydrogens (tertiary/aromatic N) is 5. The molecule has 3 N–H and O–H groups in total. The Morgan fingerprint density at radius 1 is 0.824 bits per heavy atom. The average Bonchev–Trinajstić information content (AvgIpc) is 2.85. The van der Waals surface area contributed by atoms with Crippen LogP contribution in [0.5, 0.6) is 0 Å². The third-order valence-electron chi connectivity index (χ3n) is 4.88. The Kier molecular flexibility index (Phi) is 6.68. The number of nitro benzene ring substituents is 1. The Hall–Kier alpha value is -4.86. The van der Waals surface area contributed by atoms with E-state index in [0.717, 1.165) is 22.5 Å². The zero-order chi connectivity index (χ0) is 23.9. The number of hydrogen-bond acceptors (Lipinski definition) is 9. The zero-order valence-corrected chi connectivity index (χ0v) is 18.6. The first-order valence-corrected chi connectivity index (χ1v) is 10.4. The summed E-state index contributed by atoms with van der Waals surface area (Å²) in [6.07, 6.45) is 0. The van der Waals surface area contributed by atoms with Gasteiger partial charge in [-0.2, -0.15) is 20.1 Å². The van der Waals surface area contributed by atoms with Gasteiger partial charge >= 0.3 is 0 Å². The number of aryl methyl sites for hydroxylation is 1. The van der Waals surface area contributed by atoms with Crippen LogP contribution in [0.3, 0.4) is 0 Å². The van der Waals surface area contributed by atoms with E-state index in [2.05, 4.69) is 36.1 Å². The second kappa shape index (κ2) is 10.2. The van der Waals surface area contributed by atoms with Gasteiger partial charge in [0.05, 0.1) is 10.6 Å². The van der Waals surface area contributed by atoms with Crippen LogP contribution in [0.15, 0.2) is 84.0 Å². The van der Waals surface area contributed by atoms with Gasteiger partial charge in [0.25, 0.3) is 5.69 Å². The normalized spacial score (nSPS) is 11.1. The van der Waals surface area contributed by atoms with Gasteiger partial charge < -0.3 is 10.6 Å². The van der Waals surface area contributed by atoms with E-state index in [-0.39, 0.29) is 17.6 Å². The van der Waals surface area contributed by atoms with E-state index >= 15 is 0 Å². The van der Waals surface area contributed by atoms with Crippen LogP contribution in [0.4, 0.5) is 34.9 Å². The molecule has 170 valence electrons. The number of hydrazone groups is 1. The van der Waals surface area contributed by atoms with Crippen molar-refractivity contribution in [2.75, 3.05) is 16.1 Å². The van der Waals surface area contributed by atoms with Crippen molar-refractivity contribution in [1.82, 2.24) is 15.0 Å². The molecular formula is C24H22N8O2. The first-order chi connectivity index (χ1) is 16.5. The number of nitro groups is 1. The van der Waals surface area contributed by atoms with Crippen LogP contribution in [-0.2, 0) is 0 Å². The smallest absolute Gasteiger partial charge is 0.269 e. The van der Waals surface area contributed by atoms with Crippen molar-refractivity contribution in [3.8, 4) is 0 Å². The molecule has 0 bridgehead atoms. The van der Waals surface area contributed by atoms with Crippen LogP contribution < -0.4 is 16.1 Å². The molecule has 4 rings (SSSR count). The fourth-order valence-corrected chi connectivity index (χ4v) is 3.04. The SMILES string of the molecule is C/C(=N\Nc1nc(Nc2ccc([N+](=O)[O-])cc2)nc(Nc2ccccc2C)n1)c1ccccc1. The Morgan fingerprint density at radius 3 is 2.12 bits per heavy atom. The van der Waals surface area contributed by atoms with Crippen LogP contribution >= 0.6 is 0 Å². The molecule has 3 aromatic carbocycles. The number of benzene rings is 3. The third-order valence-corrected chi connectivity index (χ3v) is 4.88. The summed E-state index contributed by atoms with van der Waals surface area (Å²) in [4.78, 5) is 23.7. The molecule has 1 aromatic heterocycles. The molecule has 0 aliphatic rings. The summed E-state index contributed by atoms with van der Waals surface area (Å²) in [6, 6.07) is 23.5. The number of hydrogen-bond donors (Lipinski definition) is 3. The maximum atomic E-state index is 10.9. The minimum Gasteiger partial charge on any atom is -0.324 e. The predicted molar refractivity (Wildman–Crippen MR) is 133 cm³/mol. The lowest BCUT2D eigenvalue weighted by Crippen LogP contribution is -2.08. The molecule has 10 nitrogen and oxygen atoms in total. The van der Waals surface area contributed by atoms with Crippen LogP contribution in [0.2, 0.25) is 0 Å². The highest BCUT2D eigenvalue weighted by atomic mass is 16.6. The molecule has 0 aliphatic heterocycles. The van der Waals surface area contributed by atoms with Gasteiger partial charge in [0.2, 0.25) is 17.8 Å². The maximum Gasteiger partial charge on any atom is 0.269 e.